The molecule has 0 spiro atoms. The summed E-state index contributed by atoms with van der Waals surface area (Å²) in [6.45, 7) is 0. The molecule has 116 valence electrons. The van der Waals surface area contributed by atoms with Crippen LogP contribution in [0.4, 0.5) is 0 Å². The van der Waals surface area contributed by atoms with Crippen LogP contribution in [0.25, 0.3) is 22.0 Å². The summed E-state index contributed by atoms with van der Waals surface area (Å²) in [5.74, 6) is 0. The third-order valence-corrected chi connectivity index (χ3v) is 4.29. The highest BCUT2D eigenvalue weighted by atomic mass is 35.5. The highest BCUT2D eigenvalue weighted by Crippen LogP contribution is 2.31. The lowest BCUT2D eigenvalue weighted by Gasteiger charge is -2.10. The van der Waals surface area contributed by atoms with E-state index in [1.165, 1.54) is 11.1 Å². The van der Waals surface area contributed by atoms with Crippen LogP contribution >= 0.6 is 11.6 Å². The topological polar surface area (TPSA) is 25.8 Å². The van der Waals surface area contributed by atoms with E-state index in [0.717, 1.165) is 33.5 Å². The van der Waals surface area contributed by atoms with E-state index in [4.69, 9.17) is 11.6 Å². The van der Waals surface area contributed by atoms with Crippen LogP contribution in [0.5, 0.6) is 0 Å². The van der Waals surface area contributed by atoms with Crippen molar-refractivity contribution in [2.45, 2.75) is 6.42 Å². The molecule has 24 heavy (non-hydrogen) atoms. The molecule has 4 aromatic rings. The molecule has 0 radical (unpaired) electrons. The van der Waals surface area contributed by atoms with Gasteiger partial charge in [0.05, 0.1) is 5.52 Å². The molecule has 0 bridgehead atoms. The largest absolute Gasteiger partial charge is 0.265 e. The number of aromatic nitrogens is 2. The lowest BCUT2D eigenvalue weighted by atomic mass is 9.96. The first-order valence-corrected chi connectivity index (χ1v) is 8.20. The zero-order chi connectivity index (χ0) is 16.4. The number of pyridine rings is 2. The molecule has 0 aliphatic rings. The molecule has 4 rings (SSSR count). The molecule has 0 saturated heterocycles. The first kappa shape index (κ1) is 14.9. The SMILES string of the molecule is Clc1cccc(-c2cc(Cc3ccncc3)cc3cccnc23)c1. The molecule has 0 unspecified atom stereocenters. The molecule has 2 heterocycles. The van der Waals surface area contributed by atoms with Gasteiger partial charge in [-0.1, -0.05) is 29.8 Å². The first-order valence-electron chi connectivity index (χ1n) is 7.82. The molecule has 3 heteroatoms. The molecule has 2 aromatic heterocycles. The van der Waals surface area contributed by atoms with Gasteiger partial charge >= 0.3 is 0 Å². The van der Waals surface area contributed by atoms with E-state index in [0.29, 0.717) is 0 Å². The van der Waals surface area contributed by atoms with Crippen molar-refractivity contribution in [1.29, 1.82) is 0 Å². The van der Waals surface area contributed by atoms with Crippen molar-refractivity contribution < 1.29 is 0 Å². The molecular weight excluding hydrogens is 316 g/mol. The molecule has 2 aromatic carbocycles. The Balaban J connectivity index is 1.88. The van der Waals surface area contributed by atoms with E-state index in [1.807, 2.05) is 55.0 Å². The van der Waals surface area contributed by atoms with Crippen LogP contribution in [0.1, 0.15) is 11.1 Å². The Kier molecular flexibility index (Phi) is 3.97. The van der Waals surface area contributed by atoms with Gasteiger partial charge in [-0.05, 0) is 65.6 Å². The number of hydrogen-bond donors (Lipinski definition) is 0. The van der Waals surface area contributed by atoms with E-state index in [9.17, 15) is 0 Å². The summed E-state index contributed by atoms with van der Waals surface area (Å²) >= 11 is 6.19. The second-order valence-corrected chi connectivity index (χ2v) is 6.20. The summed E-state index contributed by atoms with van der Waals surface area (Å²) in [4.78, 5) is 8.67. The zero-order valence-electron chi connectivity index (χ0n) is 13.0. The minimum atomic E-state index is 0.733. The fourth-order valence-corrected chi connectivity index (χ4v) is 3.16. The second kappa shape index (κ2) is 6.42. The number of hydrogen-bond acceptors (Lipinski definition) is 2. The Morgan fingerprint density at radius 1 is 0.792 bits per heavy atom. The van der Waals surface area contributed by atoms with Crippen molar-refractivity contribution in [2.24, 2.45) is 0 Å². The Hall–Kier alpha value is -2.71. The Labute approximate surface area is 145 Å². The average molecular weight is 331 g/mol. The van der Waals surface area contributed by atoms with Crippen LogP contribution in [-0.2, 0) is 6.42 Å². The van der Waals surface area contributed by atoms with Gasteiger partial charge in [0, 0.05) is 34.6 Å². The van der Waals surface area contributed by atoms with Gasteiger partial charge in [-0.2, -0.15) is 0 Å². The van der Waals surface area contributed by atoms with Gasteiger partial charge in [0.25, 0.3) is 0 Å². The van der Waals surface area contributed by atoms with Gasteiger partial charge < -0.3 is 0 Å². The summed E-state index contributed by atoms with van der Waals surface area (Å²) < 4.78 is 0. The number of fused-ring (bicyclic) bond motifs is 1. The molecule has 0 amide bonds. The van der Waals surface area contributed by atoms with Gasteiger partial charge in [0.2, 0.25) is 0 Å². The first-order chi connectivity index (χ1) is 11.8. The van der Waals surface area contributed by atoms with E-state index >= 15 is 0 Å². The predicted molar refractivity (Wildman–Crippen MR) is 99.2 cm³/mol. The smallest absolute Gasteiger partial charge is 0.0780 e. The molecule has 0 atom stereocenters. The summed E-state index contributed by atoms with van der Waals surface area (Å²) in [6.07, 6.45) is 6.35. The predicted octanol–water partition coefficient (Wildman–Crippen LogP) is 5.54. The van der Waals surface area contributed by atoms with Crippen molar-refractivity contribution in [3.05, 3.63) is 95.4 Å². The Morgan fingerprint density at radius 3 is 2.50 bits per heavy atom. The minimum Gasteiger partial charge on any atom is -0.265 e. The lowest BCUT2D eigenvalue weighted by molar-refractivity contribution is 1.17. The van der Waals surface area contributed by atoms with Crippen molar-refractivity contribution in [3.8, 4) is 11.1 Å². The number of nitrogens with zero attached hydrogens (tertiary/aromatic N) is 2. The van der Waals surface area contributed by atoms with Crippen molar-refractivity contribution in [2.75, 3.05) is 0 Å². The number of halogens is 1. The van der Waals surface area contributed by atoms with E-state index in [-0.39, 0.29) is 0 Å². The Bertz CT molecular complexity index is 997. The van der Waals surface area contributed by atoms with Gasteiger partial charge in [-0.3, -0.25) is 9.97 Å². The molecule has 0 aliphatic heterocycles. The molecule has 2 nitrogen and oxygen atoms in total. The zero-order valence-corrected chi connectivity index (χ0v) is 13.7. The maximum Gasteiger partial charge on any atom is 0.0780 e. The molecule has 0 aliphatic carbocycles. The standard InChI is InChI=1S/C21H15ClN2/c22-19-5-1-3-17(14-19)20-13-16(11-15-6-9-23-10-7-15)12-18-4-2-8-24-21(18)20/h1-10,12-14H,11H2. The average Bonchev–Trinajstić information content (AvgIpc) is 2.62. The molecular formula is C21H15ClN2. The van der Waals surface area contributed by atoms with Gasteiger partial charge in [-0.25, -0.2) is 0 Å². The van der Waals surface area contributed by atoms with Crippen LogP contribution in [0.15, 0.2) is 79.3 Å². The molecule has 0 saturated carbocycles. The number of rotatable bonds is 3. The monoisotopic (exact) mass is 330 g/mol. The highest BCUT2D eigenvalue weighted by Gasteiger charge is 2.09. The normalized spacial score (nSPS) is 10.9. The van der Waals surface area contributed by atoms with Gasteiger partial charge in [-0.15, -0.1) is 0 Å². The quantitative estimate of drug-likeness (QED) is 0.493. The van der Waals surface area contributed by atoms with Crippen LogP contribution < -0.4 is 0 Å². The fourth-order valence-electron chi connectivity index (χ4n) is 2.97. The third kappa shape index (κ3) is 3.01. The minimum absolute atomic E-state index is 0.733. The van der Waals surface area contributed by atoms with Crippen molar-refractivity contribution in [1.82, 2.24) is 9.97 Å². The number of benzene rings is 2. The molecule has 0 fully saturated rings. The summed E-state index contributed by atoms with van der Waals surface area (Å²) in [5.41, 5.74) is 5.68. The van der Waals surface area contributed by atoms with E-state index in [2.05, 4.69) is 34.2 Å². The summed E-state index contributed by atoms with van der Waals surface area (Å²) in [6, 6.07) is 20.5. The van der Waals surface area contributed by atoms with Crippen molar-refractivity contribution >= 4 is 22.5 Å². The van der Waals surface area contributed by atoms with E-state index < -0.39 is 0 Å². The van der Waals surface area contributed by atoms with Crippen LogP contribution in [0.2, 0.25) is 5.02 Å². The van der Waals surface area contributed by atoms with E-state index in [1.54, 1.807) is 0 Å². The third-order valence-electron chi connectivity index (χ3n) is 4.06. The Morgan fingerprint density at radius 2 is 1.67 bits per heavy atom. The summed E-state index contributed by atoms with van der Waals surface area (Å²) in [5, 5.41) is 1.87. The van der Waals surface area contributed by atoms with Crippen molar-refractivity contribution in [3.63, 3.8) is 0 Å². The van der Waals surface area contributed by atoms with Crippen LogP contribution in [0.3, 0.4) is 0 Å². The maximum absolute atomic E-state index is 6.19. The second-order valence-electron chi connectivity index (χ2n) is 5.76. The summed E-state index contributed by atoms with van der Waals surface area (Å²) in [7, 11) is 0. The van der Waals surface area contributed by atoms with Crippen LogP contribution in [0, 0.1) is 0 Å². The van der Waals surface area contributed by atoms with Crippen LogP contribution in [-0.4, -0.2) is 9.97 Å². The fraction of sp³-hybridized carbons (Fsp3) is 0.0476. The van der Waals surface area contributed by atoms with Gasteiger partial charge in [0.1, 0.15) is 0 Å². The lowest BCUT2D eigenvalue weighted by Crippen LogP contribution is -1.92. The maximum atomic E-state index is 6.19. The van der Waals surface area contributed by atoms with Gasteiger partial charge in [0.15, 0.2) is 0 Å². The molecule has 0 N–H and O–H groups in total. The highest BCUT2D eigenvalue weighted by molar-refractivity contribution is 6.30.